The van der Waals surface area contributed by atoms with Gasteiger partial charge in [0.15, 0.2) is 5.13 Å². The fourth-order valence-electron chi connectivity index (χ4n) is 2.25. The fourth-order valence-corrected chi connectivity index (χ4v) is 3.12. The lowest BCUT2D eigenvalue weighted by atomic mass is 10.1. The predicted octanol–water partition coefficient (Wildman–Crippen LogP) is 3.69. The van der Waals surface area contributed by atoms with Gasteiger partial charge in [0.1, 0.15) is 0 Å². The molecular formula is C16H13N3O3S. The summed E-state index contributed by atoms with van der Waals surface area (Å²) in [6.07, 6.45) is 0.262. The normalized spacial score (nSPS) is 10.7. The molecule has 0 radical (unpaired) electrons. The number of nitro benzene ring substituents is 1. The van der Waals surface area contributed by atoms with Gasteiger partial charge in [-0.2, -0.15) is 0 Å². The number of nitrogens with zero attached hydrogens (tertiary/aromatic N) is 2. The van der Waals surface area contributed by atoms with Crippen molar-refractivity contribution in [1.29, 1.82) is 0 Å². The van der Waals surface area contributed by atoms with Crippen LogP contribution >= 0.6 is 11.3 Å². The lowest BCUT2D eigenvalue weighted by molar-refractivity contribution is -0.384. The van der Waals surface area contributed by atoms with Crippen molar-refractivity contribution in [3.63, 3.8) is 0 Å². The summed E-state index contributed by atoms with van der Waals surface area (Å²) >= 11 is 1.29. The zero-order valence-electron chi connectivity index (χ0n) is 12.3. The average molecular weight is 327 g/mol. The Morgan fingerprint density at radius 2 is 2.13 bits per heavy atom. The summed E-state index contributed by atoms with van der Waals surface area (Å²) < 4.78 is 0.793. The Balaban J connectivity index is 1.75. The van der Waals surface area contributed by atoms with Crippen LogP contribution in [0.4, 0.5) is 10.8 Å². The van der Waals surface area contributed by atoms with E-state index in [0.29, 0.717) is 10.6 Å². The third-order valence-corrected chi connectivity index (χ3v) is 4.23. The predicted molar refractivity (Wildman–Crippen MR) is 89.8 cm³/mol. The van der Waals surface area contributed by atoms with Crippen LogP contribution in [0.3, 0.4) is 0 Å². The maximum Gasteiger partial charge on any atom is 0.271 e. The van der Waals surface area contributed by atoms with E-state index in [1.165, 1.54) is 23.5 Å². The molecule has 0 bridgehead atoms. The molecule has 2 aromatic carbocycles. The summed E-state index contributed by atoms with van der Waals surface area (Å²) in [5.41, 5.74) is 2.53. The van der Waals surface area contributed by atoms with Crippen LogP contribution in [0.25, 0.3) is 10.2 Å². The van der Waals surface area contributed by atoms with Crippen molar-refractivity contribution in [3.05, 3.63) is 63.7 Å². The number of amides is 1. The lowest BCUT2D eigenvalue weighted by Gasteiger charge is -2.02. The lowest BCUT2D eigenvalue weighted by Crippen LogP contribution is -2.14. The largest absolute Gasteiger partial charge is 0.302 e. The Bertz CT molecular complexity index is 904. The number of carbonyl (C=O) groups is 1. The minimum Gasteiger partial charge on any atom is -0.302 e. The molecule has 1 amide bonds. The fraction of sp³-hybridized carbons (Fsp3) is 0.125. The molecule has 0 fully saturated rings. The number of benzene rings is 2. The van der Waals surface area contributed by atoms with Gasteiger partial charge in [0.25, 0.3) is 5.69 Å². The minimum absolute atomic E-state index is 0.0135. The van der Waals surface area contributed by atoms with Crippen LogP contribution in [0, 0.1) is 17.0 Å². The molecule has 0 atom stereocenters. The van der Waals surface area contributed by atoms with Crippen LogP contribution in [-0.4, -0.2) is 15.8 Å². The molecule has 1 heterocycles. The topological polar surface area (TPSA) is 85.1 Å². The second-order valence-corrected chi connectivity index (χ2v) is 6.17. The quantitative estimate of drug-likeness (QED) is 0.585. The SMILES string of the molecule is Cc1cccc(CC(=O)Nc2nc3cc([N+](=O)[O-])ccc3s2)c1. The molecule has 0 aliphatic carbocycles. The highest BCUT2D eigenvalue weighted by molar-refractivity contribution is 7.22. The molecule has 0 aliphatic rings. The number of aromatic nitrogens is 1. The molecule has 0 spiro atoms. The van der Waals surface area contributed by atoms with Gasteiger partial charge in [-0.25, -0.2) is 4.98 Å². The second-order valence-electron chi connectivity index (χ2n) is 5.14. The number of nitrogens with one attached hydrogen (secondary N) is 1. The second kappa shape index (κ2) is 6.13. The first-order valence-corrected chi connectivity index (χ1v) is 7.73. The highest BCUT2D eigenvalue weighted by atomic mass is 32.1. The summed E-state index contributed by atoms with van der Waals surface area (Å²) in [6, 6.07) is 12.2. The maximum absolute atomic E-state index is 12.1. The van der Waals surface area contributed by atoms with E-state index in [2.05, 4.69) is 10.3 Å². The van der Waals surface area contributed by atoms with Crippen LogP contribution < -0.4 is 5.32 Å². The van der Waals surface area contributed by atoms with Crippen molar-refractivity contribution in [2.75, 3.05) is 5.32 Å². The zero-order chi connectivity index (χ0) is 16.4. The Morgan fingerprint density at radius 3 is 2.87 bits per heavy atom. The molecule has 1 N–H and O–H groups in total. The number of rotatable bonds is 4. The van der Waals surface area contributed by atoms with Gasteiger partial charge in [0, 0.05) is 12.1 Å². The molecule has 0 saturated heterocycles. The molecule has 23 heavy (non-hydrogen) atoms. The number of nitro groups is 1. The summed E-state index contributed by atoms with van der Waals surface area (Å²) in [5, 5.41) is 14.0. The van der Waals surface area contributed by atoms with Gasteiger partial charge in [-0.3, -0.25) is 14.9 Å². The van der Waals surface area contributed by atoms with Gasteiger partial charge in [0.05, 0.1) is 21.6 Å². The van der Waals surface area contributed by atoms with E-state index in [1.54, 1.807) is 6.07 Å². The van der Waals surface area contributed by atoms with Crippen LogP contribution in [0.15, 0.2) is 42.5 Å². The number of hydrogen-bond acceptors (Lipinski definition) is 5. The number of aryl methyl sites for hydroxylation is 1. The van der Waals surface area contributed by atoms with Crippen molar-refractivity contribution in [2.45, 2.75) is 13.3 Å². The Morgan fingerprint density at radius 1 is 1.30 bits per heavy atom. The van der Waals surface area contributed by atoms with Crippen molar-refractivity contribution in [3.8, 4) is 0 Å². The summed E-state index contributed by atoms with van der Waals surface area (Å²) in [6.45, 7) is 1.97. The molecule has 0 aliphatic heterocycles. The van der Waals surface area contributed by atoms with Crippen molar-refractivity contribution in [1.82, 2.24) is 4.98 Å². The molecule has 1 aromatic heterocycles. The van der Waals surface area contributed by atoms with E-state index in [0.717, 1.165) is 15.8 Å². The Kier molecular flexibility index (Phi) is 4.03. The van der Waals surface area contributed by atoms with Gasteiger partial charge < -0.3 is 5.32 Å². The molecule has 7 heteroatoms. The van der Waals surface area contributed by atoms with Crippen LogP contribution in [0.1, 0.15) is 11.1 Å². The average Bonchev–Trinajstić information content (AvgIpc) is 2.87. The van der Waals surface area contributed by atoms with Crippen LogP contribution in [0.2, 0.25) is 0 Å². The van der Waals surface area contributed by atoms with Gasteiger partial charge >= 0.3 is 0 Å². The van der Waals surface area contributed by atoms with E-state index in [4.69, 9.17) is 0 Å². The Hall–Kier alpha value is -2.80. The van der Waals surface area contributed by atoms with Gasteiger partial charge in [-0.05, 0) is 18.6 Å². The summed E-state index contributed by atoms with van der Waals surface area (Å²) in [4.78, 5) is 26.6. The highest BCUT2D eigenvalue weighted by Crippen LogP contribution is 2.28. The molecular weight excluding hydrogens is 314 g/mol. The number of carbonyl (C=O) groups excluding carboxylic acids is 1. The zero-order valence-corrected chi connectivity index (χ0v) is 13.1. The number of fused-ring (bicyclic) bond motifs is 1. The summed E-state index contributed by atoms with van der Waals surface area (Å²) in [7, 11) is 0. The minimum atomic E-state index is -0.464. The molecule has 6 nitrogen and oxygen atoms in total. The Labute approximate surface area is 135 Å². The van der Waals surface area contributed by atoms with E-state index in [9.17, 15) is 14.9 Å². The summed E-state index contributed by atoms with van der Waals surface area (Å²) in [5.74, 6) is -0.163. The number of anilines is 1. The first kappa shape index (κ1) is 15.1. The number of hydrogen-bond donors (Lipinski definition) is 1. The monoisotopic (exact) mass is 327 g/mol. The molecule has 3 aromatic rings. The van der Waals surface area contributed by atoms with Gasteiger partial charge in [0.2, 0.25) is 5.91 Å². The smallest absolute Gasteiger partial charge is 0.271 e. The van der Waals surface area contributed by atoms with Crippen molar-refractivity contribution >= 4 is 38.3 Å². The van der Waals surface area contributed by atoms with E-state index in [1.807, 2.05) is 31.2 Å². The van der Waals surface area contributed by atoms with Gasteiger partial charge in [-0.1, -0.05) is 41.2 Å². The molecule has 0 saturated carbocycles. The van der Waals surface area contributed by atoms with E-state index in [-0.39, 0.29) is 18.0 Å². The maximum atomic E-state index is 12.1. The van der Waals surface area contributed by atoms with Gasteiger partial charge in [-0.15, -0.1) is 0 Å². The molecule has 3 rings (SSSR count). The molecule has 116 valence electrons. The van der Waals surface area contributed by atoms with Crippen LogP contribution in [-0.2, 0) is 11.2 Å². The van der Waals surface area contributed by atoms with E-state index < -0.39 is 4.92 Å². The first-order valence-electron chi connectivity index (χ1n) is 6.91. The third kappa shape index (κ3) is 3.51. The van der Waals surface area contributed by atoms with Crippen LogP contribution in [0.5, 0.6) is 0 Å². The first-order chi connectivity index (χ1) is 11.0. The standard InChI is InChI=1S/C16H13N3O3S/c1-10-3-2-4-11(7-10)8-15(20)18-16-17-13-9-12(19(21)22)5-6-14(13)23-16/h2-7,9H,8H2,1H3,(H,17,18,20). The number of non-ortho nitro benzene ring substituents is 1. The van der Waals surface area contributed by atoms with Crippen molar-refractivity contribution in [2.24, 2.45) is 0 Å². The van der Waals surface area contributed by atoms with E-state index >= 15 is 0 Å². The third-order valence-electron chi connectivity index (χ3n) is 3.28. The van der Waals surface area contributed by atoms with Crippen molar-refractivity contribution < 1.29 is 9.72 Å². The highest BCUT2D eigenvalue weighted by Gasteiger charge is 2.12. The molecule has 0 unspecified atom stereocenters. The number of thiazole rings is 1.